The van der Waals surface area contributed by atoms with Gasteiger partial charge in [-0.3, -0.25) is 0 Å². The van der Waals surface area contributed by atoms with Gasteiger partial charge in [0.2, 0.25) is 0 Å². The van der Waals surface area contributed by atoms with Gasteiger partial charge < -0.3 is 0 Å². The van der Waals surface area contributed by atoms with Crippen molar-refractivity contribution in [3.8, 4) is 0 Å². The summed E-state index contributed by atoms with van der Waals surface area (Å²) in [4.78, 5) is 0. The van der Waals surface area contributed by atoms with Crippen LogP contribution in [-0.2, 0) is 0 Å². The van der Waals surface area contributed by atoms with Gasteiger partial charge in [-0.05, 0) is 37.7 Å². The first-order chi connectivity index (χ1) is 9.20. The number of hydrogen-bond acceptors (Lipinski definition) is 0. The molecule has 0 nitrogen and oxygen atoms in total. The lowest BCUT2D eigenvalue weighted by atomic mass is 10.4. The van der Waals surface area contributed by atoms with Crippen LogP contribution in [0.15, 0.2) is 90.6 Å². The topological polar surface area (TPSA) is 0 Å². The van der Waals surface area contributed by atoms with E-state index in [0.717, 1.165) is 5.31 Å². The molecule has 1 atom stereocenters. The molecule has 0 N–H and O–H groups in total. The predicted octanol–water partition coefficient (Wildman–Crippen LogP) is 5.53. The van der Waals surface area contributed by atoms with Gasteiger partial charge in [0, 0.05) is 0 Å². The Balaban J connectivity index is 3.15. The van der Waals surface area contributed by atoms with Crippen LogP contribution in [0.5, 0.6) is 0 Å². The molecule has 0 spiro atoms. The van der Waals surface area contributed by atoms with E-state index in [1.54, 1.807) is 6.08 Å². The highest BCUT2D eigenvalue weighted by molar-refractivity contribution is 7.73. The van der Waals surface area contributed by atoms with Gasteiger partial charge in [0.1, 0.15) is 0 Å². The van der Waals surface area contributed by atoms with Crippen LogP contribution < -0.4 is 5.30 Å². The zero-order valence-corrected chi connectivity index (χ0v) is 12.6. The minimum atomic E-state index is -0.521. The van der Waals surface area contributed by atoms with Crippen LogP contribution in [0.3, 0.4) is 0 Å². The lowest BCUT2D eigenvalue weighted by Gasteiger charge is -2.19. The van der Waals surface area contributed by atoms with Crippen molar-refractivity contribution in [1.82, 2.24) is 0 Å². The fourth-order valence-electron chi connectivity index (χ4n) is 1.74. The molecule has 0 aliphatic heterocycles. The molecular formula is C18H21P. The third kappa shape index (κ3) is 4.85. The first-order valence-corrected chi connectivity index (χ1v) is 7.67. The fraction of sp³-hybridized carbons (Fsp3) is 0.111. The third-order valence-corrected chi connectivity index (χ3v) is 5.00. The molecular weight excluding hydrogens is 247 g/mol. The predicted molar refractivity (Wildman–Crippen MR) is 90.0 cm³/mol. The molecule has 0 saturated heterocycles. The van der Waals surface area contributed by atoms with Crippen molar-refractivity contribution in [2.75, 3.05) is 0 Å². The Kier molecular flexibility index (Phi) is 6.85. The molecule has 0 aliphatic carbocycles. The van der Waals surface area contributed by atoms with Crippen molar-refractivity contribution in [3.05, 3.63) is 90.6 Å². The maximum Gasteiger partial charge on any atom is -0.0154 e. The summed E-state index contributed by atoms with van der Waals surface area (Å²) < 4.78 is 0. The SMILES string of the molecule is C=CC=CC(=C)P(C(C)=CC=CC)c1ccccc1. The standard InChI is InChI=1S/C18H21P/c1-5-7-12-16(3)19(17(4)13-8-6-2)18-14-10-9-11-15-18/h5-15H,1,3H2,2,4H3. The Morgan fingerprint density at radius 2 is 1.84 bits per heavy atom. The fourth-order valence-corrected chi connectivity index (χ4v) is 3.87. The maximum absolute atomic E-state index is 4.23. The average Bonchev–Trinajstić information content (AvgIpc) is 2.44. The van der Waals surface area contributed by atoms with E-state index in [0.29, 0.717) is 0 Å². The van der Waals surface area contributed by atoms with Crippen molar-refractivity contribution in [3.63, 3.8) is 0 Å². The summed E-state index contributed by atoms with van der Waals surface area (Å²) in [6, 6.07) is 10.6. The molecule has 0 heterocycles. The molecule has 98 valence electrons. The van der Waals surface area contributed by atoms with Crippen LogP contribution in [0, 0.1) is 0 Å². The van der Waals surface area contributed by atoms with Gasteiger partial charge in [-0.1, -0.05) is 79.9 Å². The van der Waals surface area contributed by atoms with Crippen molar-refractivity contribution in [2.24, 2.45) is 0 Å². The molecule has 1 rings (SSSR count). The van der Waals surface area contributed by atoms with E-state index in [1.165, 1.54) is 10.6 Å². The van der Waals surface area contributed by atoms with E-state index >= 15 is 0 Å². The van der Waals surface area contributed by atoms with Gasteiger partial charge >= 0.3 is 0 Å². The van der Waals surface area contributed by atoms with Gasteiger partial charge in [0.15, 0.2) is 0 Å². The smallest absolute Gasteiger partial charge is 0.0154 e. The molecule has 0 aromatic heterocycles. The van der Waals surface area contributed by atoms with Gasteiger partial charge in [0.05, 0.1) is 0 Å². The van der Waals surface area contributed by atoms with E-state index in [1.807, 2.05) is 25.1 Å². The third-order valence-electron chi connectivity index (χ3n) is 2.61. The monoisotopic (exact) mass is 268 g/mol. The highest BCUT2D eigenvalue weighted by Crippen LogP contribution is 2.50. The van der Waals surface area contributed by atoms with Crippen LogP contribution in [0.4, 0.5) is 0 Å². The zero-order valence-electron chi connectivity index (χ0n) is 11.7. The van der Waals surface area contributed by atoms with E-state index in [-0.39, 0.29) is 0 Å². The Bertz CT molecular complexity index is 504. The second-order valence-electron chi connectivity index (χ2n) is 4.09. The Labute approximate surface area is 118 Å². The molecule has 0 amide bonds. The van der Waals surface area contributed by atoms with E-state index in [2.05, 4.69) is 62.6 Å². The van der Waals surface area contributed by atoms with Crippen LogP contribution in [0.2, 0.25) is 0 Å². The minimum absolute atomic E-state index is 0.521. The van der Waals surface area contributed by atoms with Crippen LogP contribution >= 0.6 is 7.92 Å². The molecule has 0 aliphatic rings. The number of rotatable bonds is 6. The van der Waals surface area contributed by atoms with E-state index in [4.69, 9.17) is 0 Å². The summed E-state index contributed by atoms with van der Waals surface area (Å²) in [6.07, 6.45) is 12.1. The molecule has 0 bridgehead atoms. The van der Waals surface area contributed by atoms with E-state index < -0.39 is 7.92 Å². The van der Waals surface area contributed by atoms with Gasteiger partial charge in [-0.15, -0.1) is 0 Å². The van der Waals surface area contributed by atoms with Gasteiger partial charge in [-0.25, -0.2) is 0 Å². The summed E-state index contributed by atoms with van der Waals surface area (Å²) in [5.41, 5.74) is 0. The highest BCUT2D eigenvalue weighted by atomic mass is 31.1. The summed E-state index contributed by atoms with van der Waals surface area (Å²) in [5.74, 6) is 0. The second kappa shape index (κ2) is 8.45. The molecule has 1 heteroatoms. The first kappa shape index (κ1) is 15.4. The van der Waals surface area contributed by atoms with Crippen molar-refractivity contribution >= 4 is 13.2 Å². The van der Waals surface area contributed by atoms with E-state index in [9.17, 15) is 0 Å². The molecule has 0 saturated carbocycles. The minimum Gasteiger partial charge on any atom is -0.0991 e. The average molecular weight is 268 g/mol. The van der Waals surface area contributed by atoms with Crippen LogP contribution in [0.1, 0.15) is 13.8 Å². The largest absolute Gasteiger partial charge is 0.0991 e. The van der Waals surface area contributed by atoms with Gasteiger partial charge in [0.25, 0.3) is 0 Å². The Morgan fingerprint density at radius 3 is 2.42 bits per heavy atom. The molecule has 0 radical (unpaired) electrons. The first-order valence-electron chi connectivity index (χ1n) is 6.33. The summed E-state index contributed by atoms with van der Waals surface area (Å²) in [7, 11) is -0.521. The zero-order chi connectivity index (χ0) is 14.1. The summed E-state index contributed by atoms with van der Waals surface area (Å²) in [6.45, 7) is 12.1. The van der Waals surface area contributed by atoms with Crippen molar-refractivity contribution in [2.45, 2.75) is 13.8 Å². The molecule has 1 aromatic rings. The van der Waals surface area contributed by atoms with Crippen molar-refractivity contribution < 1.29 is 0 Å². The normalized spacial score (nSPS) is 13.9. The van der Waals surface area contributed by atoms with Crippen LogP contribution in [0.25, 0.3) is 0 Å². The highest BCUT2D eigenvalue weighted by Gasteiger charge is 2.14. The number of hydrogen-bond donors (Lipinski definition) is 0. The Hall–Kier alpha value is -1.65. The Morgan fingerprint density at radius 1 is 1.16 bits per heavy atom. The summed E-state index contributed by atoms with van der Waals surface area (Å²) in [5, 5.41) is 3.81. The summed E-state index contributed by atoms with van der Waals surface area (Å²) >= 11 is 0. The lowest BCUT2D eigenvalue weighted by molar-refractivity contribution is 1.62. The molecule has 1 aromatic carbocycles. The quantitative estimate of drug-likeness (QED) is 0.470. The maximum atomic E-state index is 4.23. The van der Waals surface area contributed by atoms with Gasteiger partial charge in [-0.2, -0.15) is 0 Å². The lowest BCUT2D eigenvalue weighted by Crippen LogP contribution is -2.01. The second-order valence-corrected chi connectivity index (χ2v) is 6.56. The molecule has 0 fully saturated rings. The van der Waals surface area contributed by atoms with Crippen LogP contribution in [-0.4, -0.2) is 0 Å². The van der Waals surface area contributed by atoms with Crippen molar-refractivity contribution in [1.29, 1.82) is 0 Å². The molecule has 19 heavy (non-hydrogen) atoms. The molecule has 1 unspecified atom stereocenters. The number of allylic oxidation sites excluding steroid dienone is 8. The number of benzene rings is 1.